The number of amides is 2. The Morgan fingerprint density at radius 2 is 2.04 bits per heavy atom. The van der Waals surface area contributed by atoms with E-state index in [9.17, 15) is 4.79 Å². The number of benzene rings is 1. The minimum Gasteiger partial charge on any atom is -0.490 e. The Hall–Kier alpha value is -2.63. The van der Waals surface area contributed by atoms with E-state index in [1.807, 2.05) is 29.2 Å². The van der Waals surface area contributed by atoms with Crippen LogP contribution < -0.4 is 14.8 Å². The van der Waals surface area contributed by atoms with Gasteiger partial charge in [0.25, 0.3) is 0 Å². The fraction of sp³-hybridized carbons (Fsp3) is 0.421. The summed E-state index contributed by atoms with van der Waals surface area (Å²) in [6.07, 6.45) is 6.09. The standard InChI is InChI=1S/C19H22N2O4/c22-19(20-12-14-6-10-23-13-14)21-7-1-3-16(21)15-4-5-17-18(11-15)25-9-2-8-24-17/h4-6,10-11,13,16H,1-3,7-9,12H2,(H,20,22). The molecule has 0 spiro atoms. The summed E-state index contributed by atoms with van der Waals surface area (Å²) in [5, 5.41) is 2.97. The second-order valence-electron chi connectivity index (χ2n) is 6.40. The second-order valence-corrected chi connectivity index (χ2v) is 6.40. The second kappa shape index (κ2) is 7.09. The summed E-state index contributed by atoms with van der Waals surface area (Å²) >= 11 is 0. The summed E-state index contributed by atoms with van der Waals surface area (Å²) in [6, 6.07) is 7.89. The van der Waals surface area contributed by atoms with Gasteiger partial charge in [0.15, 0.2) is 11.5 Å². The Morgan fingerprint density at radius 1 is 1.16 bits per heavy atom. The number of ether oxygens (including phenoxy) is 2. The van der Waals surface area contributed by atoms with Crippen molar-refractivity contribution < 1.29 is 18.7 Å². The third-order valence-corrected chi connectivity index (χ3v) is 4.69. The van der Waals surface area contributed by atoms with Crippen molar-refractivity contribution in [2.45, 2.75) is 31.8 Å². The number of rotatable bonds is 3. The molecule has 0 radical (unpaired) electrons. The predicted molar refractivity (Wildman–Crippen MR) is 91.7 cm³/mol. The van der Waals surface area contributed by atoms with Crippen molar-refractivity contribution in [2.75, 3.05) is 19.8 Å². The zero-order chi connectivity index (χ0) is 17.1. The molecule has 1 atom stereocenters. The first-order valence-corrected chi connectivity index (χ1v) is 8.76. The van der Waals surface area contributed by atoms with Crippen LogP contribution >= 0.6 is 0 Å². The molecule has 0 aliphatic carbocycles. The largest absolute Gasteiger partial charge is 0.490 e. The lowest BCUT2D eigenvalue weighted by Crippen LogP contribution is -2.39. The summed E-state index contributed by atoms with van der Waals surface area (Å²) in [7, 11) is 0. The van der Waals surface area contributed by atoms with Crippen LogP contribution in [0.4, 0.5) is 4.79 Å². The zero-order valence-corrected chi connectivity index (χ0v) is 14.1. The Bertz CT molecular complexity index is 729. The van der Waals surface area contributed by atoms with E-state index >= 15 is 0 Å². The van der Waals surface area contributed by atoms with Gasteiger partial charge in [-0.2, -0.15) is 0 Å². The maximum Gasteiger partial charge on any atom is 0.318 e. The van der Waals surface area contributed by atoms with E-state index in [0.717, 1.165) is 48.4 Å². The van der Waals surface area contributed by atoms with Gasteiger partial charge in [-0.05, 0) is 36.6 Å². The van der Waals surface area contributed by atoms with Crippen molar-refractivity contribution in [3.63, 3.8) is 0 Å². The van der Waals surface area contributed by atoms with Gasteiger partial charge in [-0.25, -0.2) is 4.79 Å². The molecule has 1 N–H and O–H groups in total. The van der Waals surface area contributed by atoms with E-state index in [2.05, 4.69) is 5.32 Å². The minimum atomic E-state index is -0.0455. The van der Waals surface area contributed by atoms with E-state index in [-0.39, 0.29) is 12.1 Å². The Balaban J connectivity index is 1.47. The molecule has 2 aromatic rings. The first kappa shape index (κ1) is 15.9. The van der Waals surface area contributed by atoms with Crippen LogP contribution in [-0.2, 0) is 6.54 Å². The highest BCUT2D eigenvalue weighted by atomic mass is 16.5. The summed E-state index contributed by atoms with van der Waals surface area (Å²) in [4.78, 5) is 14.5. The van der Waals surface area contributed by atoms with E-state index < -0.39 is 0 Å². The molecule has 4 rings (SSSR count). The molecule has 1 aromatic heterocycles. The molecule has 1 aromatic carbocycles. The number of carbonyl (C=O) groups excluding carboxylic acids is 1. The van der Waals surface area contributed by atoms with E-state index in [0.29, 0.717) is 19.8 Å². The summed E-state index contributed by atoms with van der Waals surface area (Å²) in [6.45, 7) is 2.57. The normalized spacial score (nSPS) is 19.5. The number of urea groups is 1. The Morgan fingerprint density at radius 3 is 2.88 bits per heavy atom. The molecular formula is C19H22N2O4. The van der Waals surface area contributed by atoms with Gasteiger partial charge in [-0.3, -0.25) is 0 Å². The molecular weight excluding hydrogens is 320 g/mol. The van der Waals surface area contributed by atoms with Crippen molar-refractivity contribution in [3.8, 4) is 11.5 Å². The highest BCUT2D eigenvalue weighted by molar-refractivity contribution is 5.75. The molecule has 2 aliphatic rings. The van der Waals surface area contributed by atoms with Crippen molar-refractivity contribution in [2.24, 2.45) is 0 Å². The molecule has 6 heteroatoms. The van der Waals surface area contributed by atoms with Crippen molar-refractivity contribution in [3.05, 3.63) is 47.9 Å². The van der Waals surface area contributed by atoms with Gasteiger partial charge >= 0.3 is 6.03 Å². The van der Waals surface area contributed by atoms with Crippen LogP contribution in [0.15, 0.2) is 41.2 Å². The lowest BCUT2D eigenvalue weighted by atomic mass is 10.0. The lowest BCUT2D eigenvalue weighted by Gasteiger charge is -2.26. The molecule has 1 unspecified atom stereocenters. The van der Waals surface area contributed by atoms with Crippen LogP contribution in [-0.4, -0.2) is 30.7 Å². The first-order valence-electron chi connectivity index (χ1n) is 8.76. The maximum absolute atomic E-state index is 12.6. The Labute approximate surface area is 146 Å². The van der Waals surface area contributed by atoms with Crippen molar-refractivity contribution >= 4 is 6.03 Å². The van der Waals surface area contributed by atoms with Crippen LogP contribution in [0.5, 0.6) is 11.5 Å². The third-order valence-electron chi connectivity index (χ3n) is 4.69. The molecule has 3 heterocycles. The van der Waals surface area contributed by atoms with Crippen LogP contribution in [0.3, 0.4) is 0 Å². The molecule has 25 heavy (non-hydrogen) atoms. The number of furan rings is 1. The fourth-order valence-corrected chi connectivity index (χ4v) is 3.42. The van der Waals surface area contributed by atoms with Gasteiger partial charge < -0.3 is 24.1 Å². The average molecular weight is 342 g/mol. The van der Waals surface area contributed by atoms with Gasteiger partial charge in [-0.1, -0.05) is 6.07 Å². The van der Waals surface area contributed by atoms with E-state index in [4.69, 9.17) is 13.9 Å². The number of nitrogens with one attached hydrogen (secondary N) is 1. The SMILES string of the molecule is O=C(NCc1ccoc1)N1CCCC1c1ccc2c(c1)OCCCO2. The van der Waals surface area contributed by atoms with Gasteiger partial charge in [0.1, 0.15) is 0 Å². The Kier molecular flexibility index (Phi) is 4.50. The molecule has 0 saturated carbocycles. The maximum atomic E-state index is 12.6. The summed E-state index contributed by atoms with van der Waals surface area (Å²) < 4.78 is 16.5. The van der Waals surface area contributed by atoms with Crippen LogP contribution in [0.25, 0.3) is 0 Å². The lowest BCUT2D eigenvalue weighted by molar-refractivity contribution is 0.192. The van der Waals surface area contributed by atoms with Crippen LogP contribution in [0.2, 0.25) is 0 Å². The fourth-order valence-electron chi connectivity index (χ4n) is 3.42. The van der Waals surface area contributed by atoms with Gasteiger partial charge in [-0.15, -0.1) is 0 Å². The quantitative estimate of drug-likeness (QED) is 0.927. The number of fused-ring (bicyclic) bond motifs is 1. The highest BCUT2D eigenvalue weighted by Crippen LogP contribution is 2.37. The number of carbonyl (C=O) groups is 1. The predicted octanol–water partition coefficient (Wildman–Crippen LogP) is 3.49. The summed E-state index contributed by atoms with van der Waals surface area (Å²) in [5.74, 6) is 1.57. The van der Waals surface area contributed by atoms with E-state index in [1.165, 1.54) is 0 Å². The molecule has 0 bridgehead atoms. The summed E-state index contributed by atoms with van der Waals surface area (Å²) in [5.41, 5.74) is 2.06. The monoisotopic (exact) mass is 342 g/mol. The van der Waals surface area contributed by atoms with Crippen molar-refractivity contribution in [1.29, 1.82) is 0 Å². The highest BCUT2D eigenvalue weighted by Gasteiger charge is 2.30. The smallest absolute Gasteiger partial charge is 0.318 e. The molecule has 1 fully saturated rings. The zero-order valence-electron chi connectivity index (χ0n) is 14.1. The number of nitrogens with zero attached hydrogens (tertiary/aromatic N) is 1. The molecule has 2 amide bonds. The molecule has 2 aliphatic heterocycles. The first-order chi connectivity index (χ1) is 12.3. The average Bonchev–Trinajstić information content (AvgIpc) is 3.27. The molecule has 132 valence electrons. The number of likely N-dealkylation sites (tertiary alicyclic amines) is 1. The topological polar surface area (TPSA) is 63.9 Å². The van der Waals surface area contributed by atoms with Gasteiger partial charge in [0, 0.05) is 25.1 Å². The van der Waals surface area contributed by atoms with Gasteiger partial charge in [0.2, 0.25) is 0 Å². The van der Waals surface area contributed by atoms with Crippen LogP contribution in [0.1, 0.15) is 36.4 Å². The molecule has 6 nitrogen and oxygen atoms in total. The van der Waals surface area contributed by atoms with Gasteiger partial charge in [0.05, 0.1) is 31.8 Å². The third kappa shape index (κ3) is 3.43. The molecule has 1 saturated heterocycles. The minimum absolute atomic E-state index is 0.0455. The number of hydrogen-bond acceptors (Lipinski definition) is 4. The van der Waals surface area contributed by atoms with E-state index in [1.54, 1.807) is 12.5 Å². The van der Waals surface area contributed by atoms with Crippen LogP contribution in [0, 0.1) is 0 Å². The van der Waals surface area contributed by atoms with Crippen molar-refractivity contribution in [1.82, 2.24) is 10.2 Å². The number of hydrogen-bond donors (Lipinski definition) is 1.